The number of nitrogens with one attached hydrogen (secondary N) is 1. The van der Waals surface area contributed by atoms with Crippen LogP contribution in [-0.2, 0) is 4.74 Å². The van der Waals surface area contributed by atoms with E-state index in [0.717, 1.165) is 32.0 Å². The Bertz CT molecular complexity index is 387. The van der Waals surface area contributed by atoms with E-state index in [2.05, 4.69) is 27.1 Å². The standard InChI is InChI=1S/C13H22N4O2/c1-3-7-19-12-4-5-15-13(16-12)17-6-8-18-11(10-17)9-14-2/h4-5,11,14H,3,6-10H2,1-2H3. The van der Waals surface area contributed by atoms with Crippen molar-refractivity contribution in [1.29, 1.82) is 0 Å². The second-order valence-corrected chi connectivity index (χ2v) is 4.54. The lowest BCUT2D eigenvalue weighted by Crippen LogP contribution is -2.46. The Kier molecular flexibility index (Phi) is 5.35. The monoisotopic (exact) mass is 266 g/mol. The number of hydrogen-bond donors (Lipinski definition) is 1. The molecule has 6 heteroatoms. The minimum atomic E-state index is 0.183. The Labute approximate surface area is 114 Å². The fourth-order valence-electron chi connectivity index (χ4n) is 2.02. The van der Waals surface area contributed by atoms with Gasteiger partial charge < -0.3 is 19.7 Å². The number of nitrogens with zero attached hydrogens (tertiary/aromatic N) is 3. The molecule has 1 unspecified atom stereocenters. The summed E-state index contributed by atoms with van der Waals surface area (Å²) in [5, 5.41) is 3.13. The van der Waals surface area contributed by atoms with E-state index >= 15 is 0 Å². The number of morpholine rings is 1. The summed E-state index contributed by atoms with van der Waals surface area (Å²) in [6, 6.07) is 1.80. The zero-order chi connectivity index (χ0) is 13.5. The second-order valence-electron chi connectivity index (χ2n) is 4.54. The summed E-state index contributed by atoms with van der Waals surface area (Å²) in [5.41, 5.74) is 0. The van der Waals surface area contributed by atoms with Gasteiger partial charge in [0.05, 0.1) is 19.3 Å². The third kappa shape index (κ3) is 4.04. The van der Waals surface area contributed by atoms with Gasteiger partial charge in [-0.3, -0.25) is 0 Å². The van der Waals surface area contributed by atoms with Crippen molar-refractivity contribution in [2.45, 2.75) is 19.4 Å². The van der Waals surface area contributed by atoms with Crippen molar-refractivity contribution in [2.24, 2.45) is 0 Å². The fourth-order valence-corrected chi connectivity index (χ4v) is 2.02. The fraction of sp³-hybridized carbons (Fsp3) is 0.692. The van der Waals surface area contributed by atoms with Gasteiger partial charge in [0, 0.05) is 31.9 Å². The van der Waals surface area contributed by atoms with Crippen molar-refractivity contribution < 1.29 is 9.47 Å². The number of likely N-dealkylation sites (N-methyl/N-ethyl adjacent to an activating group) is 1. The average Bonchev–Trinajstić information content (AvgIpc) is 2.46. The highest BCUT2D eigenvalue weighted by Gasteiger charge is 2.21. The van der Waals surface area contributed by atoms with E-state index in [9.17, 15) is 0 Å². The van der Waals surface area contributed by atoms with Crippen molar-refractivity contribution in [3.8, 4) is 5.88 Å². The Morgan fingerprint density at radius 2 is 2.47 bits per heavy atom. The van der Waals surface area contributed by atoms with Gasteiger partial charge in [-0.15, -0.1) is 0 Å². The summed E-state index contributed by atoms with van der Waals surface area (Å²) in [7, 11) is 1.93. The molecule has 0 saturated carbocycles. The lowest BCUT2D eigenvalue weighted by Gasteiger charge is -2.32. The van der Waals surface area contributed by atoms with Crippen molar-refractivity contribution in [2.75, 3.05) is 44.8 Å². The van der Waals surface area contributed by atoms with Crippen LogP contribution in [0.4, 0.5) is 5.95 Å². The van der Waals surface area contributed by atoms with Gasteiger partial charge in [-0.1, -0.05) is 6.92 Å². The van der Waals surface area contributed by atoms with Crippen molar-refractivity contribution in [3.63, 3.8) is 0 Å². The van der Waals surface area contributed by atoms with Crippen LogP contribution < -0.4 is 15.0 Å². The maximum Gasteiger partial charge on any atom is 0.228 e. The van der Waals surface area contributed by atoms with Gasteiger partial charge in [-0.2, -0.15) is 4.98 Å². The lowest BCUT2D eigenvalue weighted by atomic mass is 10.3. The molecule has 0 aromatic carbocycles. The highest BCUT2D eigenvalue weighted by molar-refractivity contribution is 5.32. The second kappa shape index (κ2) is 7.25. The maximum atomic E-state index is 5.67. The first-order valence-corrected chi connectivity index (χ1v) is 6.80. The zero-order valence-electron chi connectivity index (χ0n) is 11.6. The first kappa shape index (κ1) is 14.0. The molecule has 1 atom stereocenters. The number of rotatable bonds is 6. The molecular weight excluding hydrogens is 244 g/mol. The maximum absolute atomic E-state index is 5.67. The minimum Gasteiger partial charge on any atom is -0.478 e. The normalized spacial score (nSPS) is 19.5. The van der Waals surface area contributed by atoms with Crippen LogP contribution in [0, 0.1) is 0 Å². The molecular formula is C13H22N4O2. The molecule has 0 bridgehead atoms. The summed E-state index contributed by atoms with van der Waals surface area (Å²) >= 11 is 0. The van der Waals surface area contributed by atoms with E-state index in [1.165, 1.54) is 0 Å². The number of hydrogen-bond acceptors (Lipinski definition) is 6. The summed E-state index contributed by atoms with van der Waals surface area (Å²) < 4.78 is 11.2. The molecule has 1 aromatic heterocycles. The molecule has 0 amide bonds. The Morgan fingerprint density at radius 1 is 1.58 bits per heavy atom. The lowest BCUT2D eigenvalue weighted by molar-refractivity contribution is 0.0415. The average molecular weight is 266 g/mol. The van der Waals surface area contributed by atoms with Crippen molar-refractivity contribution >= 4 is 5.95 Å². The van der Waals surface area contributed by atoms with Crippen molar-refractivity contribution in [3.05, 3.63) is 12.3 Å². The number of ether oxygens (including phenoxy) is 2. The summed E-state index contributed by atoms with van der Waals surface area (Å²) in [4.78, 5) is 10.9. The molecule has 19 heavy (non-hydrogen) atoms. The molecule has 0 spiro atoms. The van der Waals surface area contributed by atoms with Crippen LogP contribution in [0.15, 0.2) is 12.3 Å². The van der Waals surface area contributed by atoms with E-state index in [1.54, 1.807) is 12.3 Å². The summed E-state index contributed by atoms with van der Waals surface area (Å²) in [6.07, 6.45) is 2.90. The molecule has 1 aromatic rings. The Morgan fingerprint density at radius 3 is 3.26 bits per heavy atom. The molecule has 2 rings (SSSR count). The molecule has 1 aliphatic rings. The zero-order valence-corrected chi connectivity index (χ0v) is 11.6. The van der Waals surface area contributed by atoms with Gasteiger partial charge in [0.2, 0.25) is 11.8 Å². The topological polar surface area (TPSA) is 59.5 Å². The SMILES string of the molecule is CCCOc1ccnc(N2CCOC(CNC)C2)n1. The number of anilines is 1. The highest BCUT2D eigenvalue weighted by atomic mass is 16.5. The summed E-state index contributed by atoms with van der Waals surface area (Å²) in [5.74, 6) is 1.36. The van der Waals surface area contributed by atoms with E-state index in [0.29, 0.717) is 19.1 Å². The first-order chi connectivity index (χ1) is 9.33. The van der Waals surface area contributed by atoms with Gasteiger partial charge in [0.25, 0.3) is 0 Å². The van der Waals surface area contributed by atoms with E-state index in [1.807, 2.05) is 7.05 Å². The molecule has 1 saturated heterocycles. The smallest absolute Gasteiger partial charge is 0.228 e. The summed E-state index contributed by atoms with van der Waals surface area (Å²) in [6.45, 7) is 5.92. The van der Waals surface area contributed by atoms with Gasteiger partial charge in [0.1, 0.15) is 0 Å². The molecule has 1 N–H and O–H groups in total. The molecule has 6 nitrogen and oxygen atoms in total. The van der Waals surface area contributed by atoms with Gasteiger partial charge in [-0.25, -0.2) is 4.98 Å². The van der Waals surface area contributed by atoms with Crippen LogP contribution in [0.25, 0.3) is 0 Å². The minimum absolute atomic E-state index is 0.183. The molecule has 0 radical (unpaired) electrons. The molecule has 0 aliphatic carbocycles. The third-order valence-electron chi connectivity index (χ3n) is 2.92. The van der Waals surface area contributed by atoms with Crippen LogP contribution in [0.5, 0.6) is 5.88 Å². The largest absolute Gasteiger partial charge is 0.478 e. The van der Waals surface area contributed by atoms with Crippen LogP contribution in [0.2, 0.25) is 0 Å². The van der Waals surface area contributed by atoms with Crippen LogP contribution in [0.3, 0.4) is 0 Å². The van der Waals surface area contributed by atoms with Crippen molar-refractivity contribution in [1.82, 2.24) is 15.3 Å². The Balaban J connectivity index is 1.99. The van der Waals surface area contributed by atoms with E-state index in [4.69, 9.17) is 9.47 Å². The molecule has 106 valence electrons. The molecule has 1 fully saturated rings. The van der Waals surface area contributed by atoms with Gasteiger partial charge in [-0.05, 0) is 13.5 Å². The highest BCUT2D eigenvalue weighted by Crippen LogP contribution is 2.16. The molecule has 2 heterocycles. The van der Waals surface area contributed by atoms with Crippen LogP contribution >= 0.6 is 0 Å². The predicted molar refractivity (Wildman–Crippen MR) is 73.7 cm³/mol. The van der Waals surface area contributed by atoms with E-state index < -0.39 is 0 Å². The number of aromatic nitrogens is 2. The third-order valence-corrected chi connectivity index (χ3v) is 2.92. The van der Waals surface area contributed by atoms with Gasteiger partial charge in [0.15, 0.2) is 0 Å². The quantitative estimate of drug-likeness (QED) is 0.817. The predicted octanol–water partition coefficient (Wildman–Crippen LogP) is 0.690. The molecule has 1 aliphatic heterocycles. The first-order valence-electron chi connectivity index (χ1n) is 6.80. The van der Waals surface area contributed by atoms with Gasteiger partial charge >= 0.3 is 0 Å². The van der Waals surface area contributed by atoms with E-state index in [-0.39, 0.29) is 6.10 Å². The Hall–Kier alpha value is -1.40. The van der Waals surface area contributed by atoms with Crippen LogP contribution in [0.1, 0.15) is 13.3 Å². The van der Waals surface area contributed by atoms with Crippen LogP contribution in [-0.4, -0.2) is 56.0 Å².